The molecular formula is C22H19N3O3S2. The minimum Gasteiger partial charge on any atom is -0.465 e. The quantitative estimate of drug-likeness (QED) is 0.261. The molecule has 0 unspecified atom stereocenters. The van der Waals surface area contributed by atoms with Crippen LogP contribution in [0.1, 0.15) is 21.5 Å². The van der Waals surface area contributed by atoms with E-state index >= 15 is 0 Å². The number of pyridine rings is 1. The molecule has 152 valence electrons. The van der Waals surface area contributed by atoms with Crippen molar-refractivity contribution >= 4 is 40.1 Å². The van der Waals surface area contributed by atoms with Gasteiger partial charge in [-0.1, -0.05) is 42.1 Å². The summed E-state index contributed by atoms with van der Waals surface area (Å²) >= 11 is 2.98. The summed E-state index contributed by atoms with van der Waals surface area (Å²) in [5, 5.41) is 2.65. The molecule has 0 N–H and O–H groups in total. The maximum Gasteiger partial charge on any atom is 0.338 e. The lowest BCUT2D eigenvalue weighted by Gasteiger charge is -2.13. The first-order chi connectivity index (χ1) is 14.5. The average molecular weight is 438 g/mol. The summed E-state index contributed by atoms with van der Waals surface area (Å²) in [7, 11) is 3.10. The SMILES string of the molecule is COC(=O)c1cc(-c2cccs2)nc2c1c(=O)nc(SCc1ccccc1C)n2C. The van der Waals surface area contributed by atoms with Crippen LogP contribution in [0.5, 0.6) is 0 Å². The molecule has 3 aromatic heterocycles. The minimum absolute atomic E-state index is 0.171. The van der Waals surface area contributed by atoms with Crippen LogP contribution in [-0.4, -0.2) is 27.6 Å². The van der Waals surface area contributed by atoms with Crippen molar-refractivity contribution in [3.8, 4) is 10.6 Å². The number of aromatic nitrogens is 3. The Kier molecular flexibility index (Phi) is 5.69. The molecule has 0 bridgehead atoms. The Bertz CT molecular complexity index is 1300. The number of hydrogen-bond donors (Lipinski definition) is 0. The summed E-state index contributed by atoms with van der Waals surface area (Å²) in [6.07, 6.45) is 0. The first kappa shape index (κ1) is 20.3. The van der Waals surface area contributed by atoms with Crippen molar-refractivity contribution in [2.24, 2.45) is 7.05 Å². The van der Waals surface area contributed by atoms with Crippen molar-refractivity contribution in [2.45, 2.75) is 17.8 Å². The Balaban J connectivity index is 1.87. The van der Waals surface area contributed by atoms with Crippen molar-refractivity contribution in [3.05, 3.63) is 74.9 Å². The first-order valence-corrected chi connectivity index (χ1v) is 11.1. The highest BCUT2D eigenvalue weighted by molar-refractivity contribution is 7.98. The smallest absolute Gasteiger partial charge is 0.338 e. The summed E-state index contributed by atoms with van der Waals surface area (Å²) < 4.78 is 6.68. The number of thiophene rings is 1. The second-order valence-electron chi connectivity index (χ2n) is 6.70. The van der Waals surface area contributed by atoms with Gasteiger partial charge in [0.15, 0.2) is 5.16 Å². The van der Waals surface area contributed by atoms with Gasteiger partial charge in [-0.25, -0.2) is 9.78 Å². The molecule has 0 aliphatic heterocycles. The highest BCUT2D eigenvalue weighted by Crippen LogP contribution is 2.29. The summed E-state index contributed by atoms with van der Waals surface area (Å²) in [4.78, 5) is 35.1. The number of carbonyl (C=O) groups excluding carboxylic acids is 1. The molecule has 0 aliphatic rings. The van der Waals surface area contributed by atoms with Crippen LogP contribution >= 0.6 is 23.1 Å². The van der Waals surface area contributed by atoms with Crippen LogP contribution in [0.4, 0.5) is 0 Å². The molecule has 4 rings (SSSR count). The van der Waals surface area contributed by atoms with Crippen LogP contribution < -0.4 is 5.56 Å². The van der Waals surface area contributed by atoms with Gasteiger partial charge in [-0.3, -0.25) is 4.79 Å². The van der Waals surface area contributed by atoms with Crippen molar-refractivity contribution in [1.29, 1.82) is 0 Å². The van der Waals surface area contributed by atoms with E-state index in [9.17, 15) is 9.59 Å². The fraction of sp³-hybridized carbons (Fsp3) is 0.182. The lowest BCUT2D eigenvalue weighted by atomic mass is 10.1. The average Bonchev–Trinajstić information content (AvgIpc) is 3.30. The zero-order valence-corrected chi connectivity index (χ0v) is 18.3. The monoisotopic (exact) mass is 437 g/mol. The summed E-state index contributed by atoms with van der Waals surface area (Å²) in [6.45, 7) is 2.06. The molecule has 0 spiro atoms. The van der Waals surface area contributed by atoms with E-state index in [1.54, 1.807) is 17.7 Å². The van der Waals surface area contributed by atoms with Gasteiger partial charge in [0.1, 0.15) is 5.65 Å². The minimum atomic E-state index is -0.584. The molecule has 30 heavy (non-hydrogen) atoms. The fourth-order valence-corrected chi connectivity index (χ4v) is 4.88. The van der Waals surface area contributed by atoms with Crippen LogP contribution in [0.3, 0.4) is 0 Å². The van der Waals surface area contributed by atoms with Gasteiger partial charge in [-0.15, -0.1) is 11.3 Å². The summed E-state index contributed by atoms with van der Waals surface area (Å²) in [6, 6.07) is 13.5. The number of esters is 1. The van der Waals surface area contributed by atoms with Crippen molar-refractivity contribution in [3.63, 3.8) is 0 Å². The van der Waals surface area contributed by atoms with E-state index in [0.717, 1.165) is 4.88 Å². The lowest BCUT2D eigenvalue weighted by Crippen LogP contribution is -2.19. The van der Waals surface area contributed by atoms with Gasteiger partial charge >= 0.3 is 5.97 Å². The molecule has 8 heteroatoms. The van der Waals surface area contributed by atoms with E-state index in [4.69, 9.17) is 9.72 Å². The third kappa shape index (κ3) is 3.76. The van der Waals surface area contributed by atoms with Crippen LogP contribution in [0, 0.1) is 6.92 Å². The van der Waals surface area contributed by atoms with Crippen molar-refractivity contribution in [1.82, 2.24) is 14.5 Å². The predicted octanol–water partition coefficient (Wildman–Crippen LogP) is 4.44. The predicted molar refractivity (Wildman–Crippen MR) is 120 cm³/mol. The molecule has 3 heterocycles. The zero-order valence-electron chi connectivity index (χ0n) is 16.7. The number of rotatable bonds is 5. The van der Waals surface area contributed by atoms with Crippen LogP contribution in [-0.2, 0) is 17.5 Å². The Morgan fingerprint density at radius 1 is 1.20 bits per heavy atom. The molecule has 0 saturated heterocycles. The molecule has 0 amide bonds. The Morgan fingerprint density at radius 2 is 2.00 bits per heavy atom. The van der Waals surface area contributed by atoms with E-state index in [2.05, 4.69) is 24.0 Å². The molecule has 0 saturated carbocycles. The number of carbonyl (C=O) groups is 1. The van der Waals surface area contributed by atoms with Crippen molar-refractivity contribution < 1.29 is 9.53 Å². The normalized spacial score (nSPS) is 11.0. The number of fused-ring (bicyclic) bond motifs is 1. The molecule has 0 fully saturated rings. The zero-order chi connectivity index (χ0) is 21.3. The molecule has 1 aromatic carbocycles. The molecule has 0 aliphatic carbocycles. The highest BCUT2D eigenvalue weighted by Gasteiger charge is 2.21. The number of hydrogen-bond acceptors (Lipinski definition) is 7. The van der Waals surface area contributed by atoms with Gasteiger partial charge in [0.25, 0.3) is 5.56 Å². The lowest BCUT2D eigenvalue weighted by molar-refractivity contribution is 0.0603. The third-order valence-corrected chi connectivity index (χ3v) is 6.78. The van der Waals surface area contributed by atoms with Crippen LogP contribution in [0.2, 0.25) is 0 Å². The van der Waals surface area contributed by atoms with E-state index in [1.807, 2.05) is 29.6 Å². The molecule has 0 atom stereocenters. The van der Waals surface area contributed by atoms with Gasteiger partial charge in [-0.05, 0) is 35.6 Å². The number of ether oxygens (including phenoxy) is 1. The Labute approximate surface area is 181 Å². The van der Waals surface area contributed by atoms with Crippen LogP contribution in [0.25, 0.3) is 21.6 Å². The molecular weight excluding hydrogens is 418 g/mol. The molecule has 6 nitrogen and oxygen atoms in total. The summed E-state index contributed by atoms with van der Waals surface area (Å²) in [5.41, 5.74) is 3.08. The second kappa shape index (κ2) is 8.41. The van der Waals surface area contributed by atoms with E-state index in [1.165, 1.54) is 41.3 Å². The number of methoxy groups -OCH3 is 1. The van der Waals surface area contributed by atoms with Crippen LogP contribution in [0.15, 0.2) is 57.8 Å². The van der Waals surface area contributed by atoms with Gasteiger partial charge < -0.3 is 9.30 Å². The van der Waals surface area contributed by atoms with E-state index in [-0.39, 0.29) is 10.9 Å². The number of nitrogens with zero attached hydrogens (tertiary/aromatic N) is 3. The Hall–Kier alpha value is -2.97. The third-order valence-electron chi connectivity index (χ3n) is 4.81. The Morgan fingerprint density at radius 3 is 2.70 bits per heavy atom. The van der Waals surface area contributed by atoms with E-state index in [0.29, 0.717) is 22.3 Å². The van der Waals surface area contributed by atoms with Gasteiger partial charge in [-0.2, -0.15) is 4.98 Å². The van der Waals surface area contributed by atoms with Gasteiger partial charge in [0.05, 0.1) is 28.6 Å². The maximum absolute atomic E-state index is 12.9. The number of benzene rings is 1. The second-order valence-corrected chi connectivity index (χ2v) is 8.59. The largest absolute Gasteiger partial charge is 0.465 e. The van der Waals surface area contributed by atoms with Gasteiger partial charge in [0, 0.05) is 12.8 Å². The summed E-state index contributed by atoms with van der Waals surface area (Å²) in [5.74, 6) is 0.0897. The molecule has 0 radical (unpaired) electrons. The maximum atomic E-state index is 12.9. The number of thioether (sulfide) groups is 1. The standard InChI is InChI=1S/C22H19N3O3S2/c1-13-7-4-5-8-14(13)12-30-22-24-20(26)18-15(21(27)28-3)11-16(17-9-6-10-29-17)23-19(18)25(22)2/h4-11H,12H2,1-3H3. The topological polar surface area (TPSA) is 74.1 Å². The highest BCUT2D eigenvalue weighted by atomic mass is 32.2. The van der Waals surface area contributed by atoms with Gasteiger partial charge in [0.2, 0.25) is 0 Å². The van der Waals surface area contributed by atoms with Crippen molar-refractivity contribution in [2.75, 3.05) is 7.11 Å². The first-order valence-electron chi connectivity index (χ1n) is 9.21. The van der Waals surface area contributed by atoms with E-state index < -0.39 is 11.5 Å². The molecule has 4 aromatic rings. The number of aryl methyl sites for hydroxylation is 2. The fourth-order valence-electron chi connectivity index (χ4n) is 3.16.